The molecule has 1 N–H and O–H groups in total. The van der Waals surface area contributed by atoms with Crippen LogP contribution in [0.25, 0.3) is 0 Å². The van der Waals surface area contributed by atoms with Gasteiger partial charge >= 0.3 is 0 Å². The first kappa shape index (κ1) is 12.4. The van der Waals surface area contributed by atoms with Crippen LogP contribution in [-0.4, -0.2) is 56.0 Å². The Hall–Kier alpha value is -0.650. The van der Waals surface area contributed by atoms with Crippen molar-refractivity contribution in [1.29, 1.82) is 0 Å². The van der Waals surface area contributed by atoms with Crippen molar-refractivity contribution in [2.24, 2.45) is 5.92 Å². The first-order chi connectivity index (χ1) is 8.79. The zero-order valence-electron chi connectivity index (χ0n) is 10.8. The van der Waals surface area contributed by atoms with Crippen LogP contribution in [0.5, 0.6) is 0 Å². The number of hydrogen-bond donors (Lipinski definition) is 1. The van der Waals surface area contributed by atoms with Gasteiger partial charge in [-0.25, -0.2) is 0 Å². The minimum atomic E-state index is -0.370. The number of hydrogen-bond acceptors (Lipinski definition) is 4. The maximum Gasteiger partial charge on any atom is 0.225 e. The highest BCUT2D eigenvalue weighted by atomic mass is 16.7. The normalized spacial score (nSPS) is 28.8. The molecule has 0 saturated carbocycles. The van der Waals surface area contributed by atoms with Gasteiger partial charge in [0.15, 0.2) is 5.79 Å². The molecule has 102 valence electrons. The zero-order chi connectivity index (χ0) is 12.4. The second-order valence-corrected chi connectivity index (χ2v) is 5.46. The fraction of sp³-hybridized carbons (Fsp3) is 0.923. The van der Waals surface area contributed by atoms with E-state index in [0.717, 1.165) is 51.9 Å². The van der Waals surface area contributed by atoms with Crippen molar-refractivity contribution in [2.75, 3.05) is 39.4 Å². The van der Waals surface area contributed by atoms with Gasteiger partial charge in [0.25, 0.3) is 0 Å². The first-order valence-corrected chi connectivity index (χ1v) is 7.07. The van der Waals surface area contributed by atoms with Crippen molar-refractivity contribution in [3.63, 3.8) is 0 Å². The molecule has 3 fully saturated rings. The van der Waals surface area contributed by atoms with Gasteiger partial charge in [-0.1, -0.05) is 0 Å². The van der Waals surface area contributed by atoms with E-state index in [2.05, 4.69) is 5.32 Å². The van der Waals surface area contributed by atoms with Crippen molar-refractivity contribution < 1.29 is 14.3 Å². The summed E-state index contributed by atoms with van der Waals surface area (Å²) in [6.45, 7) is 4.90. The summed E-state index contributed by atoms with van der Waals surface area (Å²) in [5, 5.41) is 3.30. The number of nitrogens with zero attached hydrogens (tertiary/aromatic N) is 1. The van der Waals surface area contributed by atoms with E-state index in [1.807, 2.05) is 4.90 Å². The van der Waals surface area contributed by atoms with E-state index >= 15 is 0 Å². The van der Waals surface area contributed by atoms with E-state index in [9.17, 15) is 4.79 Å². The molecule has 0 bridgehead atoms. The monoisotopic (exact) mass is 254 g/mol. The van der Waals surface area contributed by atoms with Crippen LogP contribution >= 0.6 is 0 Å². The maximum atomic E-state index is 12.4. The third kappa shape index (κ3) is 2.39. The maximum absolute atomic E-state index is 12.4. The third-order valence-corrected chi connectivity index (χ3v) is 4.34. The third-order valence-electron chi connectivity index (χ3n) is 4.34. The van der Waals surface area contributed by atoms with Gasteiger partial charge in [0.05, 0.1) is 13.2 Å². The standard InChI is InChI=1S/C13H22N2O3/c16-12(11-1-5-14-6-2-11)15-7-3-13(4-8-15)17-9-10-18-13/h11,14H,1-10H2. The molecule has 3 saturated heterocycles. The molecule has 0 aromatic carbocycles. The van der Waals surface area contributed by atoms with Gasteiger partial charge in [-0.15, -0.1) is 0 Å². The largest absolute Gasteiger partial charge is 0.347 e. The highest BCUT2D eigenvalue weighted by Gasteiger charge is 2.41. The molecule has 3 aliphatic heterocycles. The molecule has 0 aromatic heterocycles. The van der Waals surface area contributed by atoms with Crippen LogP contribution in [0.4, 0.5) is 0 Å². The lowest BCUT2D eigenvalue weighted by Crippen LogP contribution is -2.50. The van der Waals surface area contributed by atoms with Gasteiger partial charge in [0.2, 0.25) is 5.91 Å². The Morgan fingerprint density at radius 2 is 1.72 bits per heavy atom. The van der Waals surface area contributed by atoms with Gasteiger partial charge < -0.3 is 19.7 Å². The molecule has 3 heterocycles. The van der Waals surface area contributed by atoms with Gasteiger partial charge in [0.1, 0.15) is 0 Å². The zero-order valence-corrected chi connectivity index (χ0v) is 10.8. The smallest absolute Gasteiger partial charge is 0.225 e. The minimum absolute atomic E-state index is 0.228. The second-order valence-electron chi connectivity index (χ2n) is 5.46. The second kappa shape index (κ2) is 5.15. The Labute approximate surface area is 108 Å². The Morgan fingerprint density at radius 1 is 1.11 bits per heavy atom. The van der Waals surface area contributed by atoms with Crippen LogP contribution in [0.1, 0.15) is 25.7 Å². The lowest BCUT2D eigenvalue weighted by molar-refractivity contribution is -0.188. The topological polar surface area (TPSA) is 50.8 Å². The van der Waals surface area contributed by atoms with Gasteiger partial charge in [0, 0.05) is 31.8 Å². The number of rotatable bonds is 1. The van der Waals surface area contributed by atoms with Crippen LogP contribution in [0.2, 0.25) is 0 Å². The Bertz CT molecular complexity index is 299. The molecule has 18 heavy (non-hydrogen) atoms. The quantitative estimate of drug-likeness (QED) is 0.733. The van der Waals surface area contributed by atoms with Crippen LogP contribution in [0.15, 0.2) is 0 Å². The Morgan fingerprint density at radius 3 is 2.33 bits per heavy atom. The number of likely N-dealkylation sites (tertiary alicyclic amines) is 1. The molecule has 0 unspecified atom stereocenters. The highest BCUT2D eigenvalue weighted by molar-refractivity contribution is 5.79. The van der Waals surface area contributed by atoms with E-state index in [4.69, 9.17) is 9.47 Å². The minimum Gasteiger partial charge on any atom is -0.347 e. The van der Waals surface area contributed by atoms with Crippen molar-refractivity contribution >= 4 is 5.91 Å². The molecule has 0 aromatic rings. The van der Waals surface area contributed by atoms with E-state index < -0.39 is 0 Å². The molecular formula is C13H22N2O3. The van der Waals surface area contributed by atoms with Crippen molar-refractivity contribution in [1.82, 2.24) is 10.2 Å². The van der Waals surface area contributed by atoms with Crippen LogP contribution in [0.3, 0.4) is 0 Å². The predicted molar refractivity (Wildman–Crippen MR) is 66.0 cm³/mol. The number of nitrogens with one attached hydrogen (secondary N) is 1. The average Bonchev–Trinajstić information content (AvgIpc) is 2.88. The number of ether oxygens (including phenoxy) is 2. The number of carbonyl (C=O) groups excluding carboxylic acids is 1. The van der Waals surface area contributed by atoms with Crippen LogP contribution in [-0.2, 0) is 14.3 Å². The molecule has 3 rings (SSSR count). The summed E-state index contributed by atoms with van der Waals surface area (Å²) in [6, 6.07) is 0. The van der Waals surface area contributed by atoms with E-state index in [1.54, 1.807) is 0 Å². The molecule has 3 aliphatic rings. The number of piperidine rings is 2. The molecular weight excluding hydrogens is 232 g/mol. The summed E-state index contributed by atoms with van der Waals surface area (Å²) in [7, 11) is 0. The van der Waals surface area contributed by atoms with E-state index in [-0.39, 0.29) is 11.7 Å². The highest BCUT2D eigenvalue weighted by Crippen LogP contribution is 2.32. The fourth-order valence-electron chi connectivity index (χ4n) is 3.18. The molecule has 0 atom stereocenters. The van der Waals surface area contributed by atoms with Crippen LogP contribution in [0, 0.1) is 5.92 Å². The number of carbonyl (C=O) groups is 1. The molecule has 5 nitrogen and oxygen atoms in total. The molecule has 1 spiro atoms. The van der Waals surface area contributed by atoms with Gasteiger partial charge in [-0.2, -0.15) is 0 Å². The summed E-state index contributed by atoms with van der Waals surface area (Å²) in [5.74, 6) is 0.195. The van der Waals surface area contributed by atoms with E-state index in [1.165, 1.54) is 0 Å². The van der Waals surface area contributed by atoms with Crippen molar-refractivity contribution in [3.8, 4) is 0 Å². The first-order valence-electron chi connectivity index (χ1n) is 7.07. The SMILES string of the molecule is O=C(C1CCNCC1)N1CCC2(CC1)OCCO2. The Balaban J connectivity index is 1.53. The predicted octanol–water partition coefficient (Wildman–Crippen LogP) is 0.352. The molecule has 0 radical (unpaired) electrons. The van der Waals surface area contributed by atoms with Gasteiger partial charge in [-0.3, -0.25) is 4.79 Å². The molecule has 5 heteroatoms. The lowest BCUT2D eigenvalue weighted by Gasteiger charge is -2.39. The lowest BCUT2D eigenvalue weighted by atomic mass is 9.94. The van der Waals surface area contributed by atoms with Crippen LogP contribution < -0.4 is 5.32 Å². The fourth-order valence-corrected chi connectivity index (χ4v) is 3.18. The summed E-state index contributed by atoms with van der Waals surface area (Å²) in [4.78, 5) is 14.4. The van der Waals surface area contributed by atoms with E-state index in [0.29, 0.717) is 19.1 Å². The van der Waals surface area contributed by atoms with Crippen molar-refractivity contribution in [2.45, 2.75) is 31.5 Å². The summed E-state index contributed by atoms with van der Waals surface area (Å²) >= 11 is 0. The summed E-state index contributed by atoms with van der Waals surface area (Å²) in [6.07, 6.45) is 3.61. The van der Waals surface area contributed by atoms with Crippen molar-refractivity contribution in [3.05, 3.63) is 0 Å². The molecule has 1 amide bonds. The summed E-state index contributed by atoms with van der Waals surface area (Å²) < 4.78 is 11.4. The average molecular weight is 254 g/mol. The molecule has 0 aliphatic carbocycles. The summed E-state index contributed by atoms with van der Waals surface area (Å²) in [5.41, 5.74) is 0. The number of amides is 1. The van der Waals surface area contributed by atoms with Gasteiger partial charge in [-0.05, 0) is 25.9 Å². The Kier molecular flexibility index (Phi) is 3.54.